The van der Waals surface area contributed by atoms with E-state index in [1.54, 1.807) is 0 Å². The fourth-order valence-corrected chi connectivity index (χ4v) is 2.72. The Balaban J connectivity index is 1.70. The zero-order chi connectivity index (χ0) is 16.9. The lowest BCUT2D eigenvalue weighted by Gasteiger charge is -2.25. The molecule has 0 saturated carbocycles. The molecule has 1 aliphatic rings. The van der Waals surface area contributed by atoms with Gasteiger partial charge in [-0.15, -0.1) is 0 Å². The van der Waals surface area contributed by atoms with Gasteiger partial charge in [-0.2, -0.15) is 0 Å². The first-order valence-electron chi connectivity index (χ1n) is 8.03. The molecule has 1 aliphatic heterocycles. The summed E-state index contributed by atoms with van der Waals surface area (Å²) in [5, 5.41) is 0. The Kier molecular flexibility index (Phi) is 3.27. The van der Waals surface area contributed by atoms with Crippen LogP contribution in [0.15, 0.2) is 52.9 Å². The zero-order valence-corrected chi connectivity index (χ0v) is 14.1. The third-order valence-electron chi connectivity index (χ3n) is 4.75. The van der Waals surface area contributed by atoms with Gasteiger partial charge in [-0.25, -0.2) is 4.98 Å². The fourth-order valence-electron chi connectivity index (χ4n) is 2.72. The lowest BCUT2D eigenvalue weighted by Crippen LogP contribution is -2.42. The van der Waals surface area contributed by atoms with Crippen molar-refractivity contribution in [2.75, 3.05) is 0 Å². The van der Waals surface area contributed by atoms with E-state index in [4.69, 9.17) is 13.7 Å². The first kappa shape index (κ1) is 15.3. The molecule has 2 aromatic carbocycles. The van der Waals surface area contributed by atoms with Gasteiger partial charge in [0.2, 0.25) is 11.5 Å². The largest absolute Gasteiger partial charge is 0.498 e. The number of rotatable bonds is 2. The molecule has 1 unspecified atom stereocenters. The second-order valence-electron chi connectivity index (χ2n) is 6.92. The van der Waals surface area contributed by atoms with Gasteiger partial charge in [0.1, 0.15) is 11.1 Å². The highest BCUT2D eigenvalue weighted by molar-refractivity contribution is 6.62. The van der Waals surface area contributed by atoms with Crippen molar-refractivity contribution in [3.8, 4) is 11.5 Å². The van der Waals surface area contributed by atoms with Crippen molar-refractivity contribution in [3.63, 3.8) is 0 Å². The van der Waals surface area contributed by atoms with Crippen LogP contribution in [-0.4, -0.2) is 23.3 Å². The standard InChI is InChI=1S/C19H19BNO3/c1-18(2)19(3,4)24-20(23-18)14-10-11-15-16(12-14)22-17(21-15)13-8-6-5-7-9-13/h5-12H,1H2,2-4H3/q+1. The first-order valence-corrected chi connectivity index (χ1v) is 8.03. The van der Waals surface area contributed by atoms with Gasteiger partial charge >= 0.3 is 7.12 Å². The Bertz CT molecular complexity index is 870. The Hall–Kier alpha value is -2.24. The maximum atomic E-state index is 6.04. The van der Waals surface area contributed by atoms with E-state index in [1.807, 2.05) is 69.3 Å². The molecular weight excluding hydrogens is 301 g/mol. The van der Waals surface area contributed by atoms with Gasteiger partial charge in [0, 0.05) is 12.5 Å². The van der Waals surface area contributed by atoms with Crippen LogP contribution in [0.3, 0.4) is 0 Å². The molecule has 0 radical (unpaired) electrons. The summed E-state index contributed by atoms with van der Waals surface area (Å²) in [6.07, 6.45) is 0. The molecule has 4 nitrogen and oxygen atoms in total. The summed E-state index contributed by atoms with van der Waals surface area (Å²) in [7, 11) is -0.461. The van der Waals surface area contributed by atoms with Crippen molar-refractivity contribution in [2.24, 2.45) is 0 Å². The van der Waals surface area contributed by atoms with Gasteiger partial charge in [-0.05, 0) is 43.6 Å². The minimum absolute atomic E-state index is 0.461. The van der Waals surface area contributed by atoms with Crippen LogP contribution in [0, 0.1) is 6.92 Å². The molecule has 5 heteroatoms. The topological polar surface area (TPSA) is 44.5 Å². The molecule has 0 N–H and O–H groups in total. The summed E-state index contributed by atoms with van der Waals surface area (Å²) in [4.78, 5) is 4.55. The second-order valence-corrected chi connectivity index (χ2v) is 6.92. The van der Waals surface area contributed by atoms with E-state index in [0.29, 0.717) is 11.5 Å². The first-order chi connectivity index (χ1) is 11.4. The van der Waals surface area contributed by atoms with Crippen LogP contribution in [0.1, 0.15) is 20.8 Å². The smallest absolute Gasteiger partial charge is 0.436 e. The maximum Gasteiger partial charge on any atom is 0.498 e. The van der Waals surface area contributed by atoms with E-state index in [0.717, 1.165) is 16.5 Å². The molecular formula is C19H19BNO3+. The Labute approximate surface area is 141 Å². The summed E-state index contributed by atoms with van der Waals surface area (Å²) in [5.74, 6) is 0.610. The van der Waals surface area contributed by atoms with E-state index in [2.05, 4.69) is 11.9 Å². The normalized spacial score (nSPS) is 23.0. The van der Waals surface area contributed by atoms with E-state index in [1.165, 1.54) is 0 Å². The number of hydrogen-bond donors (Lipinski definition) is 0. The van der Waals surface area contributed by atoms with Crippen LogP contribution in [0.5, 0.6) is 0 Å². The molecule has 0 spiro atoms. The Morgan fingerprint density at radius 2 is 1.75 bits per heavy atom. The summed E-state index contributed by atoms with van der Waals surface area (Å²) in [5.41, 5.74) is 2.31. The highest BCUT2D eigenvalue weighted by atomic mass is 16.7. The van der Waals surface area contributed by atoms with Crippen LogP contribution in [0.2, 0.25) is 0 Å². The molecule has 120 valence electrons. The minimum atomic E-state index is -0.608. The lowest BCUT2D eigenvalue weighted by molar-refractivity contribution is 0.0262. The molecule has 0 amide bonds. The van der Waals surface area contributed by atoms with Crippen molar-refractivity contribution in [3.05, 3.63) is 55.5 Å². The molecule has 2 heterocycles. The number of fused-ring (bicyclic) bond motifs is 1. The predicted molar refractivity (Wildman–Crippen MR) is 94.8 cm³/mol. The van der Waals surface area contributed by atoms with Crippen molar-refractivity contribution in [1.29, 1.82) is 0 Å². The van der Waals surface area contributed by atoms with E-state index in [-0.39, 0.29) is 0 Å². The summed E-state index contributed by atoms with van der Waals surface area (Å²) < 4.78 is 18.0. The van der Waals surface area contributed by atoms with E-state index in [9.17, 15) is 0 Å². The van der Waals surface area contributed by atoms with Crippen LogP contribution < -0.4 is 5.46 Å². The Morgan fingerprint density at radius 1 is 1.00 bits per heavy atom. The monoisotopic (exact) mass is 320 g/mol. The molecule has 1 aromatic heterocycles. The third kappa shape index (κ3) is 2.41. The molecule has 24 heavy (non-hydrogen) atoms. The predicted octanol–water partition coefficient (Wildman–Crippen LogP) is 3.61. The van der Waals surface area contributed by atoms with Crippen LogP contribution >= 0.6 is 0 Å². The highest BCUT2D eigenvalue weighted by Gasteiger charge is 2.57. The number of aromatic nitrogens is 1. The van der Waals surface area contributed by atoms with Crippen LogP contribution in [0.25, 0.3) is 22.6 Å². The van der Waals surface area contributed by atoms with Crippen molar-refractivity contribution < 1.29 is 13.7 Å². The van der Waals surface area contributed by atoms with Gasteiger partial charge in [0.05, 0.1) is 6.92 Å². The lowest BCUT2D eigenvalue weighted by atomic mass is 9.79. The highest BCUT2D eigenvalue weighted by Crippen LogP contribution is 2.36. The van der Waals surface area contributed by atoms with Gasteiger partial charge in [-0.1, -0.05) is 24.3 Å². The third-order valence-corrected chi connectivity index (χ3v) is 4.75. The summed E-state index contributed by atoms with van der Waals surface area (Å²) >= 11 is 0. The van der Waals surface area contributed by atoms with Crippen LogP contribution in [-0.2, 0) is 9.31 Å². The average Bonchev–Trinajstić information content (AvgIpc) is 3.06. The number of nitrogens with zero attached hydrogens (tertiary/aromatic N) is 1. The second kappa shape index (κ2) is 5.13. The van der Waals surface area contributed by atoms with E-state index >= 15 is 0 Å². The molecule has 0 aliphatic carbocycles. The number of oxazole rings is 1. The van der Waals surface area contributed by atoms with Crippen molar-refractivity contribution in [2.45, 2.75) is 32.0 Å². The van der Waals surface area contributed by atoms with Gasteiger partial charge in [0.25, 0.3) is 0 Å². The number of benzene rings is 2. The molecule has 0 bridgehead atoms. The van der Waals surface area contributed by atoms with Gasteiger partial charge < -0.3 is 13.7 Å². The van der Waals surface area contributed by atoms with Gasteiger partial charge in [0.15, 0.2) is 5.58 Å². The maximum absolute atomic E-state index is 6.04. The average molecular weight is 320 g/mol. The van der Waals surface area contributed by atoms with Crippen molar-refractivity contribution in [1.82, 2.24) is 4.98 Å². The van der Waals surface area contributed by atoms with Crippen molar-refractivity contribution >= 4 is 23.7 Å². The van der Waals surface area contributed by atoms with Crippen LogP contribution in [0.4, 0.5) is 0 Å². The SMILES string of the molecule is [CH2+]C1(C)OB(c2ccc3nc(-c4ccccc4)oc3c2)OC1(C)C. The summed E-state index contributed by atoms with van der Waals surface area (Å²) in [6, 6.07) is 15.7. The molecule has 1 atom stereocenters. The minimum Gasteiger partial charge on any atom is -0.436 e. The fraction of sp³-hybridized carbons (Fsp3) is 0.263. The zero-order valence-electron chi connectivity index (χ0n) is 14.1. The molecule has 1 saturated heterocycles. The quantitative estimate of drug-likeness (QED) is 0.534. The number of hydrogen-bond acceptors (Lipinski definition) is 4. The van der Waals surface area contributed by atoms with Gasteiger partial charge in [-0.3, -0.25) is 0 Å². The molecule has 4 rings (SSSR count). The molecule has 1 fully saturated rings. The van der Waals surface area contributed by atoms with E-state index < -0.39 is 18.3 Å². The molecule has 3 aromatic rings. The summed E-state index contributed by atoms with van der Waals surface area (Å²) in [6.45, 7) is 10.0. The Morgan fingerprint density at radius 3 is 2.42 bits per heavy atom.